The van der Waals surface area contributed by atoms with E-state index in [0.717, 1.165) is 0 Å². The van der Waals surface area contributed by atoms with E-state index in [-0.39, 0.29) is 31.3 Å². The van der Waals surface area contributed by atoms with E-state index >= 15 is 0 Å². The monoisotopic (exact) mass is 298 g/mol. The minimum Gasteiger partial charge on any atom is -0.467 e. The van der Waals surface area contributed by atoms with Crippen molar-refractivity contribution in [1.29, 1.82) is 0 Å². The van der Waals surface area contributed by atoms with Gasteiger partial charge in [-0.15, -0.1) is 0 Å². The highest BCUT2D eigenvalue weighted by Gasteiger charge is 2.43. The van der Waals surface area contributed by atoms with Gasteiger partial charge in [0, 0.05) is 12.8 Å². The Morgan fingerprint density at radius 2 is 1.33 bits per heavy atom. The largest absolute Gasteiger partial charge is 0.467 e. The predicted octanol–water partition coefficient (Wildman–Crippen LogP) is -0.728. The van der Waals surface area contributed by atoms with Crippen molar-refractivity contribution in [3.63, 3.8) is 0 Å². The highest BCUT2D eigenvalue weighted by molar-refractivity contribution is 5.90. The maximum Gasteiger partial charge on any atom is 0.328 e. The molecule has 0 bridgehead atoms. The molecule has 2 amide bonds. The van der Waals surface area contributed by atoms with Gasteiger partial charge in [-0.25, -0.2) is 9.59 Å². The Balaban J connectivity index is 2.13. The van der Waals surface area contributed by atoms with E-state index in [9.17, 15) is 19.2 Å². The van der Waals surface area contributed by atoms with Crippen molar-refractivity contribution < 1.29 is 28.7 Å². The van der Waals surface area contributed by atoms with Crippen molar-refractivity contribution in [3.05, 3.63) is 0 Å². The molecule has 2 aliphatic heterocycles. The smallest absolute Gasteiger partial charge is 0.328 e. The van der Waals surface area contributed by atoms with Gasteiger partial charge in [-0.2, -0.15) is 0 Å². The first-order chi connectivity index (χ1) is 9.99. The number of carbonyl (C=O) groups is 4. The minimum absolute atomic E-state index is 0.0861. The Morgan fingerprint density at radius 1 is 0.952 bits per heavy atom. The van der Waals surface area contributed by atoms with Gasteiger partial charge in [0.25, 0.3) is 0 Å². The van der Waals surface area contributed by atoms with E-state index in [1.54, 1.807) is 0 Å². The summed E-state index contributed by atoms with van der Waals surface area (Å²) in [4.78, 5) is 49.8. The fraction of sp³-hybridized carbons (Fsp3) is 0.692. The van der Waals surface area contributed by atoms with E-state index in [2.05, 4.69) is 9.47 Å². The van der Waals surface area contributed by atoms with Gasteiger partial charge in [-0.05, 0) is 12.8 Å². The molecule has 2 fully saturated rings. The van der Waals surface area contributed by atoms with Gasteiger partial charge >= 0.3 is 11.9 Å². The molecule has 0 N–H and O–H groups in total. The van der Waals surface area contributed by atoms with Crippen LogP contribution in [0.15, 0.2) is 0 Å². The van der Waals surface area contributed by atoms with Crippen LogP contribution >= 0.6 is 0 Å². The van der Waals surface area contributed by atoms with Gasteiger partial charge in [0.05, 0.1) is 20.9 Å². The number of likely N-dealkylation sites (tertiary alicyclic amines) is 2. The van der Waals surface area contributed by atoms with Crippen LogP contribution in [0.1, 0.15) is 25.7 Å². The topological polar surface area (TPSA) is 93.2 Å². The van der Waals surface area contributed by atoms with E-state index in [0.29, 0.717) is 12.8 Å². The SMILES string of the molecule is COC(=O)[C@@H]1CCC(=O)N1CN1C(=O)CC[C@H]1C(=O)OC. The van der Waals surface area contributed by atoms with E-state index in [1.165, 1.54) is 24.0 Å². The maximum atomic E-state index is 11.9. The molecule has 0 aliphatic carbocycles. The molecule has 116 valence electrons. The fourth-order valence-electron chi connectivity index (χ4n) is 2.75. The zero-order chi connectivity index (χ0) is 15.6. The molecule has 0 spiro atoms. The molecule has 2 saturated heterocycles. The summed E-state index contributed by atoms with van der Waals surface area (Å²) in [5.74, 6) is -1.48. The highest BCUT2D eigenvalue weighted by atomic mass is 16.5. The van der Waals surface area contributed by atoms with Crippen molar-refractivity contribution in [2.45, 2.75) is 37.8 Å². The van der Waals surface area contributed by atoms with Gasteiger partial charge in [0.1, 0.15) is 12.1 Å². The van der Waals surface area contributed by atoms with Crippen LogP contribution < -0.4 is 0 Å². The van der Waals surface area contributed by atoms with E-state index < -0.39 is 24.0 Å². The van der Waals surface area contributed by atoms with Crippen LogP contribution in [0.5, 0.6) is 0 Å². The normalized spacial score (nSPS) is 25.4. The Labute approximate surface area is 121 Å². The summed E-state index contributed by atoms with van der Waals surface area (Å²) >= 11 is 0. The van der Waals surface area contributed by atoms with Crippen molar-refractivity contribution in [1.82, 2.24) is 9.80 Å². The summed E-state index contributed by atoms with van der Waals surface area (Å²) in [5, 5.41) is 0. The van der Waals surface area contributed by atoms with Crippen LogP contribution in [0.4, 0.5) is 0 Å². The Kier molecular flexibility index (Phi) is 4.44. The maximum absolute atomic E-state index is 11.9. The lowest BCUT2D eigenvalue weighted by Gasteiger charge is -2.30. The number of rotatable bonds is 4. The first-order valence-corrected chi connectivity index (χ1v) is 6.74. The van der Waals surface area contributed by atoms with Crippen LogP contribution in [-0.4, -0.2) is 66.5 Å². The van der Waals surface area contributed by atoms with Gasteiger partial charge in [0.15, 0.2) is 0 Å². The second kappa shape index (κ2) is 6.11. The van der Waals surface area contributed by atoms with Crippen molar-refractivity contribution >= 4 is 23.8 Å². The molecule has 0 aromatic rings. The average molecular weight is 298 g/mol. The minimum atomic E-state index is -0.700. The number of hydrogen-bond donors (Lipinski definition) is 0. The molecular formula is C13H18N2O6. The molecule has 2 atom stereocenters. The molecular weight excluding hydrogens is 280 g/mol. The standard InChI is InChI=1S/C13H18N2O6/c1-20-12(18)8-3-5-10(16)14(8)7-15-9(13(19)21-2)4-6-11(15)17/h8-9H,3-7H2,1-2H3/t8-,9-/m0/s1. The molecule has 0 saturated carbocycles. The molecule has 0 aromatic heterocycles. The second-order valence-corrected chi connectivity index (χ2v) is 5.02. The lowest BCUT2D eigenvalue weighted by molar-refractivity contribution is -0.156. The molecule has 8 heteroatoms. The summed E-state index contributed by atoms with van der Waals surface area (Å²) in [6.07, 6.45) is 1.17. The number of ether oxygens (including phenoxy) is 2. The number of nitrogens with zero attached hydrogens (tertiary/aromatic N) is 2. The number of hydrogen-bond acceptors (Lipinski definition) is 6. The van der Waals surface area contributed by atoms with Gasteiger partial charge in [0.2, 0.25) is 11.8 Å². The highest BCUT2D eigenvalue weighted by Crippen LogP contribution is 2.25. The fourth-order valence-corrected chi connectivity index (χ4v) is 2.75. The summed E-state index contributed by atoms with van der Waals surface area (Å²) in [7, 11) is 2.50. The molecule has 0 radical (unpaired) electrons. The second-order valence-electron chi connectivity index (χ2n) is 5.02. The van der Waals surface area contributed by atoms with E-state index in [1.807, 2.05) is 0 Å². The summed E-state index contributed by atoms with van der Waals surface area (Å²) in [6.45, 7) is -0.0861. The Hall–Kier alpha value is -2.12. The van der Waals surface area contributed by atoms with Gasteiger partial charge in [-0.1, -0.05) is 0 Å². The zero-order valence-electron chi connectivity index (χ0n) is 12.0. The zero-order valence-corrected chi connectivity index (χ0v) is 12.0. The third-order valence-electron chi connectivity index (χ3n) is 3.91. The van der Waals surface area contributed by atoms with Crippen LogP contribution in [0.25, 0.3) is 0 Å². The first kappa shape index (κ1) is 15.3. The third kappa shape index (κ3) is 2.84. The Morgan fingerprint density at radius 3 is 1.67 bits per heavy atom. The van der Waals surface area contributed by atoms with Crippen molar-refractivity contribution in [2.75, 3.05) is 20.9 Å². The lowest BCUT2D eigenvalue weighted by Crippen LogP contribution is -2.50. The molecule has 21 heavy (non-hydrogen) atoms. The summed E-state index contributed by atoms with van der Waals surface area (Å²) in [5.41, 5.74) is 0. The molecule has 0 unspecified atom stereocenters. The van der Waals surface area contributed by atoms with Gasteiger partial charge < -0.3 is 19.3 Å². The first-order valence-electron chi connectivity index (χ1n) is 6.74. The quantitative estimate of drug-likeness (QED) is 0.635. The van der Waals surface area contributed by atoms with E-state index in [4.69, 9.17) is 0 Å². The summed E-state index contributed by atoms with van der Waals surface area (Å²) < 4.78 is 9.34. The number of amides is 2. The van der Waals surface area contributed by atoms with Crippen LogP contribution in [0.3, 0.4) is 0 Å². The van der Waals surface area contributed by atoms with Crippen LogP contribution in [0, 0.1) is 0 Å². The summed E-state index contributed by atoms with van der Waals surface area (Å²) in [6, 6.07) is -1.40. The van der Waals surface area contributed by atoms with Crippen molar-refractivity contribution in [3.8, 4) is 0 Å². The third-order valence-corrected chi connectivity index (χ3v) is 3.91. The average Bonchev–Trinajstić information content (AvgIpc) is 3.03. The number of methoxy groups -OCH3 is 2. The number of carbonyl (C=O) groups excluding carboxylic acids is 4. The molecule has 0 aromatic carbocycles. The molecule has 2 rings (SSSR count). The molecule has 2 heterocycles. The molecule has 8 nitrogen and oxygen atoms in total. The predicted molar refractivity (Wildman–Crippen MR) is 68.6 cm³/mol. The lowest BCUT2D eigenvalue weighted by atomic mass is 10.2. The van der Waals surface area contributed by atoms with Crippen LogP contribution in [-0.2, 0) is 28.7 Å². The van der Waals surface area contributed by atoms with Crippen LogP contribution in [0.2, 0.25) is 0 Å². The molecule has 2 aliphatic rings. The van der Waals surface area contributed by atoms with Gasteiger partial charge in [-0.3, -0.25) is 9.59 Å². The Bertz CT molecular complexity index is 435. The number of esters is 2. The van der Waals surface area contributed by atoms with Crippen molar-refractivity contribution in [2.24, 2.45) is 0 Å².